The Bertz CT molecular complexity index is 572. The summed E-state index contributed by atoms with van der Waals surface area (Å²) >= 11 is 6.13. The van der Waals surface area contributed by atoms with Crippen LogP contribution in [0.4, 0.5) is 0 Å². The van der Waals surface area contributed by atoms with Crippen LogP contribution in [-0.4, -0.2) is 39.3 Å². The molecular weight excluding hydrogens is 290 g/mol. The Balaban J connectivity index is 2.10. The molecule has 0 saturated carbocycles. The maximum Gasteiger partial charge on any atom is 0.241 e. The van der Waals surface area contributed by atoms with Crippen LogP contribution in [0.15, 0.2) is 28.8 Å². The second-order valence-corrected chi connectivity index (χ2v) is 5.54. The number of hydrogen-bond donors (Lipinski definition) is 1. The van der Waals surface area contributed by atoms with E-state index in [0.717, 1.165) is 18.5 Å². The lowest BCUT2D eigenvalue weighted by Gasteiger charge is -2.24. The molecule has 0 aliphatic carbocycles. The van der Waals surface area contributed by atoms with E-state index in [-0.39, 0.29) is 6.61 Å². The fourth-order valence-electron chi connectivity index (χ4n) is 2.04. The largest absolute Gasteiger partial charge is 0.396 e. The second-order valence-electron chi connectivity index (χ2n) is 5.13. The van der Waals surface area contributed by atoms with Gasteiger partial charge in [0.25, 0.3) is 0 Å². The predicted octanol–water partition coefficient (Wildman–Crippen LogP) is 2.98. The van der Waals surface area contributed by atoms with Crippen LogP contribution in [0.3, 0.4) is 0 Å². The number of halogens is 1. The molecule has 0 spiro atoms. The first-order chi connectivity index (χ1) is 10.1. The summed E-state index contributed by atoms with van der Waals surface area (Å²) in [6, 6.07) is 7.76. The maximum atomic E-state index is 8.95. The first-order valence-corrected chi connectivity index (χ1v) is 7.42. The third-order valence-electron chi connectivity index (χ3n) is 3.25. The number of aromatic nitrogens is 2. The van der Waals surface area contributed by atoms with Crippen molar-refractivity contribution in [3.8, 4) is 11.4 Å². The van der Waals surface area contributed by atoms with Crippen LogP contribution in [0.2, 0.25) is 5.02 Å². The van der Waals surface area contributed by atoms with E-state index in [2.05, 4.69) is 28.9 Å². The number of aliphatic hydroxyl groups excluding tert-OH is 1. The highest BCUT2D eigenvalue weighted by molar-refractivity contribution is 6.33. The van der Waals surface area contributed by atoms with E-state index >= 15 is 0 Å². The normalized spacial score (nSPS) is 11.5. The van der Waals surface area contributed by atoms with E-state index in [1.807, 2.05) is 18.2 Å². The van der Waals surface area contributed by atoms with Gasteiger partial charge in [0, 0.05) is 24.8 Å². The molecule has 6 heteroatoms. The molecule has 0 fully saturated rings. The van der Waals surface area contributed by atoms with Gasteiger partial charge >= 0.3 is 0 Å². The van der Waals surface area contributed by atoms with Gasteiger partial charge in [0.05, 0.1) is 11.6 Å². The van der Waals surface area contributed by atoms with Crippen molar-refractivity contribution in [3.05, 3.63) is 35.2 Å². The molecule has 0 aliphatic heterocycles. The first-order valence-electron chi connectivity index (χ1n) is 7.04. The lowest BCUT2D eigenvalue weighted by Crippen LogP contribution is -2.31. The monoisotopic (exact) mass is 309 g/mol. The number of benzene rings is 1. The minimum atomic E-state index is 0.178. The molecule has 1 heterocycles. The molecule has 0 unspecified atom stereocenters. The molecule has 5 nitrogen and oxygen atoms in total. The Hall–Kier alpha value is -1.43. The third-order valence-corrected chi connectivity index (χ3v) is 3.58. The minimum absolute atomic E-state index is 0.178. The fourth-order valence-corrected chi connectivity index (χ4v) is 2.26. The molecule has 1 N–H and O–H groups in total. The van der Waals surface area contributed by atoms with Crippen LogP contribution in [-0.2, 0) is 6.54 Å². The number of rotatable bonds is 7. The summed E-state index contributed by atoms with van der Waals surface area (Å²) in [5.41, 5.74) is 0.764. The lowest BCUT2D eigenvalue weighted by atomic mass is 10.2. The van der Waals surface area contributed by atoms with Gasteiger partial charge in [0.1, 0.15) is 0 Å². The summed E-state index contributed by atoms with van der Waals surface area (Å²) in [4.78, 5) is 6.59. The standard InChI is InChI=1S/C15H20ClN3O2/c1-11(2)19(8-5-9-20)10-14-17-15(18-21-14)12-6-3-4-7-13(12)16/h3-4,6-7,11,20H,5,8-10H2,1-2H3. The van der Waals surface area contributed by atoms with E-state index in [0.29, 0.717) is 29.3 Å². The Kier molecular flexibility index (Phi) is 5.73. The van der Waals surface area contributed by atoms with Crippen molar-refractivity contribution >= 4 is 11.6 Å². The van der Waals surface area contributed by atoms with E-state index < -0.39 is 0 Å². The summed E-state index contributed by atoms with van der Waals surface area (Å²) in [6.45, 7) is 5.73. The molecule has 21 heavy (non-hydrogen) atoms. The summed E-state index contributed by atoms with van der Waals surface area (Å²) in [5, 5.41) is 13.5. The Morgan fingerprint density at radius 2 is 2.10 bits per heavy atom. The van der Waals surface area contributed by atoms with Crippen LogP contribution >= 0.6 is 11.6 Å². The van der Waals surface area contributed by atoms with Gasteiger partial charge in [-0.25, -0.2) is 0 Å². The van der Waals surface area contributed by atoms with Gasteiger partial charge in [0.2, 0.25) is 11.7 Å². The van der Waals surface area contributed by atoms with E-state index in [4.69, 9.17) is 21.2 Å². The zero-order valence-electron chi connectivity index (χ0n) is 12.3. The Morgan fingerprint density at radius 3 is 2.76 bits per heavy atom. The first kappa shape index (κ1) is 15.9. The minimum Gasteiger partial charge on any atom is -0.396 e. The van der Waals surface area contributed by atoms with Crippen molar-refractivity contribution in [2.24, 2.45) is 0 Å². The SMILES string of the molecule is CC(C)N(CCCO)Cc1nc(-c2ccccc2Cl)no1. The van der Waals surface area contributed by atoms with Crippen molar-refractivity contribution < 1.29 is 9.63 Å². The van der Waals surface area contributed by atoms with Crippen molar-refractivity contribution in [3.63, 3.8) is 0 Å². The number of hydrogen-bond acceptors (Lipinski definition) is 5. The predicted molar refractivity (Wildman–Crippen MR) is 82.0 cm³/mol. The zero-order valence-corrected chi connectivity index (χ0v) is 13.0. The van der Waals surface area contributed by atoms with Gasteiger partial charge in [-0.05, 0) is 32.4 Å². The van der Waals surface area contributed by atoms with Crippen molar-refractivity contribution in [2.75, 3.05) is 13.2 Å². The molecule has 0 aliphatic rings. The molecule has 0 atom stereocenters. The van der Waals surface area contributed by atoms with Gasteiger partial charge < -0.3 is 9.63 Å². The van der Waals surface area contributed by atoms with Crippen molar-refractivity contribution in [1.82, 2.24) is 15.0 Å². The Morgan fingerprint density at radius 1 is 1.33 bits per heavy atom. The summed E-state index contributed by atoms with van der Waals surface area (Å²) in [5.74, 6) is 1.05. The van der Waals surface area contributed by atoms with Gasteiger partial charge in [-0.1, -0.05) is 28.9 Å². The molecule has 1 aromatic heterocycles. The smallest absolute Gasteiger partial charge is 0.241 e. The van der Waals surface area contributed by atoms with Crippen LogP contribution in [0.25, 0.3) is 11.4 Å². The van der Waals surface area contributed by atoms with Crippen molar-refractivity contribution in [2.45, 2.75) is 32.9 Å². The van der Waals surface area contributed by atoms with E-state index in [1.165, 1.54) is 0 Å². The lowest BCUT2D eigenvalue weighted by molar-refractivity contribution is 0.165. The zero-order chi connectivity index (χ0) is 15.2. The van der Waals surface area contributed by atoms with Crippen LogP contribution in [0, 0.1) is 0 Å². The average molecular weight is 310 g/mol. The fraction of sp³-hybridized carbons (Fsp3) is 0.467. The molecule has 0 amide bonds. The number of nitrogens with zero attached hydrogens (tertiary/aromatic N) is 3. The molecule has 0 saturated heterocycles. The average Bonchev–Trinajstić information content (AvgIpc) is 2.92. The molecule has 0 radical (unpaired) electrons. The van der Waals surface area contributed by atoms with E-state index in [1.54, 1.807) is 6.07 Å². The molecule has 114 valence electrons. The van der Waals surface area contributed by atoms with Crippen LogP contribution < -0.4 is 0 Å². The Labute approximate surface area is 129 Å². The third kappa shape index (κ3) is 4.27. The second kappa shape index (κ2) is 7.54. The summed E-state index contributed by atoms with van der Waals surface area (Å²) in [7, 11) is 0. The van der Waals surface area contributed by atoms with Gasteiger partial charge in [0.15, 0.2) is 0 Å². The molecule has 2 rings (SSSR count). The molecule has 0 bridgehead atoms. The number of aliphatic hydroxyl groups is 1. The van der Waals surface area contributed by atoms with Crippen LogP contribution in [0.5, 0.6) is 0 Å². The summed E-state index contributed by atoms with van der Waals surface area (Å²) in [6.07, 6.45) is 0.726. The molecule has 2 aromatic rings. The summed E-state index contributed by atoms with van der Waals surface area (Å²) < 4.78 is 5.31. The quantitative estimate of drug-likeness (QED) is 0.852. The van der Waals surface area contributed by atoms with Gasteiger partial charge in [-0.3, -0.25) is 4.90 Å². The topological polar surface area (TPSA) is 62.4 Å². The maximum absolute atomic E-state index is 8.95. The van der Waals surface area contributed by atoms with Crippen molar-refractivity contribution in [1.29, 1.82) is 0 Å². The van der Waals surface area contributed by atoms with E-state index in [9.17, 15) is 0 Å². The highest BCUT2D eigenvalue weighted by Gasteiger charge is 2.16. The molecule has 1 aromatic carbocycles. The molecular formula is C15H20ClN3O2. The van der Waals surface area contributed by atoms with Gasteiger partial charge in [-0.15, -0.1) is 0 Å². The van der Waals surface area contributed by atoms with Gasteiger partial charge in [-0.2, -0.15) is 4.98 Å². The highest BCUT2D eigenvalue weighted by Crippen LogP contribution is 2.25. The highest BCUT2D eigenvalue weighted by atomic mass is 35.5. The van der Waals surface area contributed by atoms with Crippen LogP contribution in [0.1, 0.15) is 26.2 Å².